The lowest BCUT2D eigenvalue weighted by Gasteiger charge is -2.20. The van der Waals surface area contributed by atoms with Gasteiger partial charge in [-0.3, -0.25) is 0 Å². The summed E-state index contributed by atoms with van der Waals surface area (Å²) in [6.07, 6.45) is 1.47. The molecule has 0 saturated carbocycles. The van der Waals surface area contributed by atoms with E-state index < -0.39 is 6.09 Å². The van der Waals surface area contributed by atoms with Crippen LogP contribution in [0.4, 0.5) is 13.6 Å². The summed E-state index contributed by atoms with van der Waals surface area (Å²) < 4.78 is 36.0. The highest BCUT2D eigenvalue weighted by atomic mass is 79.9. The largest absolute Gasteiger partial charge is 0.415 e. The first-order valence-corrected chi connectivity index (χ1v) is 11.5. The molecule has 7 heteroatoms. The topological polar surface area (TPSA) is 34.5 Å². The number of carbonyl (C=O) groups excluding carboxylic acids is 1. The maximum Gasteiger partial charge on any atom is 0.415 e. The molecule has 170 valence electrons. The lowest BCUT2D eigenvalue weighted by atomic mass is 10.0. The Balaban J connectivity index is 1.82. The number of aromatic nitrogens is 1. The zero-order chi connectivity index (χ0) is 23.5. The number of benzene rings is 3. The molecule has 4 nitrogen and oxygen atoms in total. The van der Waals surface area contributed by atoms with Gasteiger partial charge in [0.15, 0.2) is 0 Å². The van der Waals surface area contributed by atoms with Crippen LogP contribution in [0, 0.1) is 11.6 Å². The molecule has 0 atom stereocenters. The zero-order valence-corrected chi connectivity index (χ0v) is 19.9. The molecule has 0 fully saturated rings. The molecule has 0 radical (unpaired) electrons. The normalized spacial score (nSPS) is 11.1. The Morgan fingerprint density at radius 3 is 2.36 bits per heavy atom. The summed E-state index contributed by atoms with van der Waals surface area (Å²) in [5.74, 6) is -0.251. The standard InChI is InChI=1S/C26H23BrF2N2O2/c1-3-30(4-2)26(32)33-24-12-11-23-21(25(24)17-5-7-19(28)8-6-17)13-14-31(23)16-18-15-20(29)9-10-22(18)27/h5-15H,3-4,16H2,1-2H3. The number of carbonyl (C=O) groups is 1. The first-order chi connectivity index (χ1) is 15.9. The van der Waals surface area contributed by atoms with Crippen LogP contribution in [0.1, 0.15) is 19.4 Å². The zero-order valence-electron chi connectivity index (χ0n) is 18.3. The third kappa shape index (κ3) is 4.78. The number of rotatable bonds is 6. The van der Waals surface area contributed by atoms with Gasteiger partial charge in [0.05, 0.1) is 0 Å². The van der Waals surface area contributed by atoms with E-state index in [4.69, 9.17) is 4.74 Å². The van der Waals surface area contributed by atoms with Crippen LogP contribution in [0.2, 0.25) is 0 Å². The quantitative estimate of drug-likeness (QED) is 0.273. The molecule has 0 aliphatic carbocycles. The van der Waals surface area contributed by atoms with Gasteiger partial charge in [0, 0.05) is 46.8 Å². The fraction of sp³-hybridized carbons (Fsp3) is 0.192. The number of amides is 1. The first kappa shape index (κ1) is 23.0. The molecule has 0 spiro atoms. The lowest BCUT2D eigenvalue weighted by Crippen LogP contribution is -2.33. The summed E-state index contributed by atoms with van der Waals surface area (Å²) in [5.41, 5.74) is 3.11. The maximum absolute atomic E-state index is 13.8. The summed E-state index contributed by atoms with van der Waals surface area (Å²) in [4.78, 5) is 14.3. The SMILES string of the molecule is CCN(CC)C(=O)Oc1ccc2c(ccn2Cc2cc(F)ccc2Br)c1-c1ccc(F)cc1. The number of ether oxygens (including phenoxy) is 1. The van der Waals surface area contributed by atoms with Gasteiger partial charge in [0.2, 0.25) is 0 Å². The van der Waals surface area contributed by atoms with Gasteiger partial charge in [-0.2, -0.15) is 0 Å². The Bertz CT molecular complexity index is 1300. The second kappa shape index (κ2) is 9.75. The highest BCUT2D eigenvalue weighted by Crippen LogP contribution is 2.38. The molecule has 33 heavy (non-hydrogen) atoms. The molecule has 3 aromatic carbocycles. The van der Waals surface area contributed by atoms with Crippen molar-refractivity contribution < 1.29 is 18.3 Å². The summed E-state index contributed by atoms with van der Waals surface area (Å²) in [6.45, 7) is 5.28. The van der Waals surface area contributed by atoms with Crippen molar-refractivity contribution >= 4 is 32.9 Å². The van der Waals surface area contributed by atoms with Gasteiger partial charge in [-0.05, 0) is 73.5 Å². The molecule has 0 N–H and O–H groups in total. The van der Waals surface area contributed by atoms with Crippen LogP contribution < -0.4 is 4.74 Å². The van der Waals surface area contributed by atoms with Crippen LogP contribution in [-0.4, -0.2) is 28.6 Å². The lowest BCUT2D eigenvalue weighted by molar-refractivity contribution is 0.157. The van der Waals surface area contributed by atoms with Crippen molar-refractivity contribution in [1.29, 1.82) is 0 Å². The van der Waals surface area contributed by atoms with Crippen molar-refractivity contribution in [2.45, 2.75) is 20.4 Å². The van der Waals surface area contributed by atoms with E-state index in [0.29, 0.717) is 30.9 Å². The minimum Gasteiger partial charge on any atom is -0.410 e. The molecule has 0 saturated heterocycles. The minimum absolute atomic E-state index is 0.303. The molecule has 0 unspecified atom stereocenters. The van der Waals surface area contributed by atoms with Gasteiger partial charge in [-0.25, -0.2) is 13.6 Å². The number of hydrogen-bond donors (Lipinski definition) is 0. The summed E-state index contributed by atoms with van der Waals surface area (Å²) >= 11 is 3.49. The van der Waals surface area contributed by atoms with Crippen LogP contribution in [0.5, 0.6) is 5.75 Å². The minimum atomic E-state index is -0.439. The molecular formula is C26H23BrF2N2O2. The molecule has 4 rings (SSSR count). The monoisotopic (exact) mass is 512 g/mol. The molecule has 0 aliphatic heterocycles. The predicted octanol–water partition coefficient (Wildman–Crippen LogP) is 7.24. The van der Waals surface area contributed by atoms with E-state index in [1.807, 2.05) is 36.7 Å². The average Bonchev–Trinajstić information content (AvgIpc) is 3.20. The molecule has 0 aliphatic rings. The van der Waals surface area contributed by atoms with Gasteiger partial charge in [0.1, 0.15) is 17.4 Å². The molecule has 1 aromatic heterocycles. The fourth-order valence-electron chi connectivity index (χ4n) is 3.88. The molecule has 0 bridgehead atoms. The van der Waals surface area contributed by atoms with E-state index in [9.17, 15) is 13.6 Å². The Morgan fingerprint density at radius 1 is 0.970 bits per heavy atom. The van der Waals surface area contributed by atoms with Crippen LogP contribution in [-0.2, 0) is 6.54 Å². The maximum atomic E-state index is 13.8. The Hall–Kier alpha value is -3.19. The number of nitrogens with zero attached hydrogens (tertiary/aromatic N) is 2. The van der Waals surface area contributed by atoms with E-state index in [-0.39, 0.29) is 11.6 Å². The van der Waals surface area contributed by atoms with Gasteiger partial charge >= 0.3 is 6.09 Å². The summed E-state index contributed by atoms with van der Waals surface area (Å²) in [6, 6.07) is 16.2. The van der Waals surface area contributed by atoms with E-state index in [2.05, 4.69) is 15.9 Å². The van der Waals surface area contributed by atoms with Crippen LogP contribution in [0.3, 0.4) is 0 Å². The number of fused-ring (bicyclic) bond motifs is 1. The number of halogens is 3. The van der Waals surface area contributed by atoms with Crippen molar-refractivity contribution in [3.63, 3.8) is 0 Å². The Morgan fingerprint density at radius 2 is 1.67 bits per heavy atom. The average molecular weight is 513 g/mol. The molecule has 4 aromatic rings. The third-order valence-electron chi connectivity index (χ3n) is 5.62. The molecule has 1 amide bonds. The van der Waals surface area contributed by atoms with Crippen LogP contribution >= 0.6 is 15.9 Å². The van der Waals surface area contributed by atoms with Gasteiger partial charge in [-0.15, -0.1) is 0 Å². The smallest absolute Gasteiger partial charge is 0.410 e. The predicted molar refractivity (Wildman–Crippen MR) is 129 cm³/mol. The third-order valence-corrected chi connectivity index (χ3v) is 6.39. The van der Waals surface area contributed by atoms with E-state index in [1.165, 1.54) is 24.3 Å². The van der Waals surface area contributed by atoms with Gasteiger partial charge in [-0.1, -0.05) is 28.1 Å². The van der Waals surface area contributed by atoms with Gasteiger partial charge < -0.3 is 14.2 Å². The van der Waals surface area contributed by atoms with Crippen molar-refractivity contribution in [3.05, 3.63) is 88.5 Å². The van der Waals surface area contributed by atoms with Crippen molar-refractivity contribution in [2.75, 3.05) is 13.1 Å². The van der Waals surface area contributed by atoms with Crippen LogP contribution in [0.15, 0.2) is 71.3 Å². The first-order valence-electron chi connectivity index (χ1n) is 10.7. The summed E-state index contributed by atoms with van der Waals surface area (Å²) in [5, 5.41) is 0.846. The fourth-order valence-corrected chi connectivity index (χ4v) is 4.25. The molecular weight excluding hydrogens is 490 g/mol. The Labute approximate surface area is 199 Å². The van der Waals surface area contributed by atoms with Crippen molar-refractivity contribution in [2.24, 2.45) is 0 Å². The van der Waals surface area contributed by atoms with Crippen molar-refractivity contribution in [1.82, 2.24) is 9.47 Å². The van der Waals surface area contributed by atoms with Crippen LogP contribution in [0.25, 0.3) is 22.0 Å². The van der Waals surface area contributed by atoms with E-state index in [1.54, 1.807) is 29.2 Å². The van der Waals surface area contributed by atoms with E-state index >= 15 is 0 Å². The highest BCUT2D eigenvalue weighted by molar-refractivity contribution is 9.10. The van der Waals surface area contributed by atoms with Crippen molar-refractivity contribution in [3.8, 4) is 16.9 Å². The second-order valence-corrected chi connectivity index (χ2v) is 8.45. The molecule has 1 heterocycles. The second-order valence-electron chi connectivity index (χ2n) is 7.60. The van der Waals surface area contributed by atoms with E-state index in [0.717, 1.165) is 26.5 Å². The summed E-state index contributed by atoms with van der Waals surface area (Å²) in [7, 11) is 0. The van der Waals surface area contributed by atoms with Gasteiger partial charge in [0.25, 0.3) is 0 Å². The Kier molecular flexibility index (Phi) is 6.79. The number of hydrogen-bond acceptors (Lipinski definition) is 2. The highest BCUT2D eigenvalue weighted by Gasteiger charge is 2.19.